The lowest BCUT2D eigenvalue weighted by molar-refractivity contribution is 0.250. The molecule has 2 unspecified atom stereocenters. The maximum absolute atomic E-state index is 9.09. The van der Waals surface area contributed by atoms with Crippen LogP contribution < -0.4 is 10.2 Å². The van der Waals surface area contributed by atoms with E-state index in [2.05, 4.69) is 49.2 Å². The highest BCUT2D eigenvalue weighted by molar-refractivity contribution is 5.51. The van der Waals surface area contributed by atoms with Gasteiger partial charge in [-0.3, -0.25) is 0 Å². The van der Waals surface area contributed by atoms with Crippen molar-refractivity contribution in [3.63, 3.8) is 0 Å². The lowest BCUT2D eigenvalue weighted by Gasteiger charge is -2.39. The summed E-state index contributed by atoms with van der Waals surface area (Å²) in [6, 6.07) is 7.57. The van der Waals surface area contributed by atoms with Gasteiger partial charge in [0.15, 0.2) is 0 Å². The highest BCUT2D eigenvalue weighted by atomic mass is 16.3. The van der Waals surface area contributed by atoms with Crippen LogP contribution >= 0.6 is 0 Å². The number of piperazine rings is 1. The summed E-state index contributed by atoms with van der Waals surface area (Å²) in [7, 11) is 0. The number of aryl methyl sites for hydroxylation is 2. The van der Waals surface area contributed by atoms with E-state index < -0.39 is 0 Å². The van der Waals surface area contributed by atoms with E-state index in [4.69, 9.17) is 5.11 Å². The van der Waals surface area contributed by atoms with Crippen molar-refractivity contribution >= 4 is 5.69 Å². The standard InChI is InChI=1S/C15H24N2O/c1-11-6-12(2)8-15(7-11)17-9-13(3)16-14(10-17)4-5-18/h6-8,13-14,16,18H,4-5,9-10H2,1-3H3. The Morgan fingerprint density at radius 3 is 2.50 bits per heavy atom. The van der Waals surface area contributed by atoms with Crippen LogP contribution in [0, 0.1) is 13.8 Å². The number of aliphatic hydroxyl groups excluding tert-OH is 1. The average Bonchev–Trinajstić information content (AvgIpc) is 2.27. The zero-order valence-electron chi connectivity index (χ0n) is 11.6. The quantitative estimate of drug-likeness (QED) is 0.857. The lowest BCUT2D eigenvalue weighted by Crippen LogP contribution is -2.55. The van der Waals surface area contributed by atoms with E-state index in [9.17, 15) is 0 Å². The molecular formula is C15H24N2O. The first kappa shape index (κ1) is 13.4. The summed E-state index contributed by atoms with van der Waals surface area (Å²) in [6.07, 6.45) is 0.825. The van der Waals surface area contributed by atoms with Crippen LogP contribution in [0.5, 0.6) is 0 Å². The predicted octanol–water partition coefficient (Wildman–Crippen LogP) is 1.85. The van der Waals surface area contributed by atoms with Gasteiger partial charge in [-0.25, -0.2) is 0 Å². The second-order valence-electron chi connectivity index (χ2n) is 5.53. The fourth-order valence-corrected chi connectivity index (χ4v) is 2.85. The van der Waals surface area contributed by atoms with Crippen molar-refractivity contribution in [2.45, 2.75) is 39.3 Å². The molecular weight excluding hydrogens is 224 g/mol. The van der Waals surface area contributed by atoms with Crippen LogP contribution in [-0.4, -0.2) is 36.9 Å². The van der Waals surface area contributed by atoms with Gasteiger partial charge in [0.05, 0.1) is 0 Å². The monoisotopic (exact) mass is 248 g/mol. The zero-order chi connectivity index (χ0) is 13.1. The smallest absolute Gasteiger partial charge is 0.0446 e. The Labute approximate surface area is 110 Å². The highest BCUT2D eigenvalue weighted by Gasteiger charge is 2.23. The van der Waals surface area contributed by atoms with Gasteiger partial charge in [-0.2, -0.15) is 0 Å². The molecule has 1 aromatic rings. The maximum Gasteiger partial charge on any atom is 0.0446 e. The third-order valence-electron chi connectivity index (χ3n) is 3.50. The van der Waals surface area contributed by atoms with Crippen molar-refractivity contribution in [3.8, 4) is 0 Å². The van der Waals surface area contributed by atoms with Crippen LogP contribution in [0.1, 0.15) is 24.5 Å². The summed E-state index contributed by atoms with van der Waals surface area (Å²) in [4.78, 5) is 2.43. The third kappa shape index (κ3) is 3.24. The Kier molecular flexibility index (Phi) is 4.25. The Hall–Kier alpha value is -1.06. The first-order valence-electron chi connectivity index (χ1n) is 6.78. The molecule has 3 nitrogen and oxygen atoms in total. The minimum Gasteiger partial charge on any atom is -0.396 e. The van der Waals surface area contributed by atoms with Crippen molar-refractivity contribution in [1.29, 1.82) is 0 Å². The van der Waals surface area contributed by atoms with E-state index in [1.165, 1.54) is 16.8 Å². The predicted molar refractivity (Wildman–Crippen MR) is 76.2 cm³/mol. The van der Waals surface area contributed by atoms with Crippen molar-refractivity contribution in [3.05, 3.63) is 29.3 Å². The molecule has 0 spiro atoms. The van der Waals surface area contributed by atoms with Crippen LogP contribution in [0.3, 0.4) is 0 Å². The van der Waals surface area contributed by atoms with Crippen molar-refractivity contribution < 1.29 is 5.11 Å². The largest absolute Gasteiger partial charge is 0.396 e. The molecule has 1 heterocycles. The fraction of sp³-hybridized carbons (Fsp3) is 0.600. The molecule has 1 aromatic carbocycles. The molecule has 2 rings (SSSR count). The molecule has 0 radical (unpaired) electrons. The SMILES string of the molecule is Cc1cc(C)cc(N2CC(C)NC(CCO)C2)c1. The Bertz CT molecular complexity index is 385. The van der Waals surface area contributed by atoms with E-state index in [0.29, 0.717) is 12.1 Å². The van der Waals surface area contributed by atoms with E-state index in [1.54, 1.807) is 0 Å². The van der Waals surface area contributed by atoms with Crippen LogP contribution in [-0.2, 0) is 0 Å². The van der Waals surface area contributed by atoms with Crippen LogP contribution in [0.4, 0.5) is 5.69 Å². The number of aliphatic hydroxyl groups is 1. The molecule has 100 valence electrons. The van der Waals surface area contributed by atoms with Gasteiger partial charge >= 0.3 is 0 Å². The fourth-order valence-electron chi connectivity index (χ4n) is 2.85. The third-order valence-corrected chi connectivity index (χ3v) is 3.50. The van der Waals surface area contributed by atoms with E-state index in [-0.39, 0.29) is 6.61 Å². The Morgan fingerprint density at radius 1 is 1.22 bits per heavy atom. The number of rotatable bonds is 3. The summed E-state index contributed by atoms with van der Waals surface area (Å²) in [5.74, 6) is 0. The summed E-state index contributed by atoms with van der Waals surface area (Å²) in [6.45, 7) is 8.77. The van der Waals surface area contributed by atoms with Gasteiger partial charge in [-0.1, -0.05) is 6.07 Å². The average molecular weight is 248 g/mol. The normalized spacial score (nSPS) is 24.3. The lowest BCUT2D eigenvalue weighted by atomic mass is 10.1. The van der Waals surface area contributed by atoms with E-state index in [1.807, 2.05) is 0 Å². The Balaban J connectivity index is 2.15. The van der Waals surface area contributed by atoms with Gasteiger partial charge < -0.3 is 15.3 Å². The summed E-state index contributed by atoms with van der Waals surface area (Å²) in [5, 5.41) is 12.6. The molecule has 2 atom stereocenters. The molecule has 18 heavy (non-hydrogen) atoms. The second kappa shape index (κ2) is 5.72. The van der Waals surface area contributed by atoms with Crippen LogP contribution in [0.25, 0.3) is 0 Å². The van der Waals surface area contributed by atoms with Gasteiger partial charge in [0.2, 0.25) is 0 Å². The first-order chi connectivity index (χ1) is 8.58. The summed E-state index contributed by atoms with van der Waals surface area (Å²) < 4.78 is 0. The molecule has 0 amide bonds. The molecule has 0 bridgehead atoms. The van der Waals surface area contributed by atoms with Gasteiger partial charge in [0, 0.05) is 37.5 Å². The molecule has 0 aliphatic carbocycles. The topological polar surface area (TPSA) is 35.5 Å². The van der Waals surface area contributed by atoms with Crippen molar-refractivity contribution in [2.75, 3.05) is 24.6 Å². The number of nitrogens with zero attached hydrogens (tertiary/aromatic N) is 1. The van der Waals surface area contributed by atoms with E-state index >= 15 is 0 Å². The molecule has 1 aliphatic rings. The Morgan fingerprint density at radius 2 is 1.89 bits per heavy atom. The summed E-state index contributed by atoms with van der Waals surface area (Å²) >= 11 is 0. The molecule has 0 aromatic heterocycles. The molecule has 1 fully saturated rings. The van der Waals surface area contributed by atoms with Gasteiger partial charge in [0.25, 0.3) is 0 Å². The second-order valence-corrected chi connectivity index (χ2v) is 5.53. The van der Waals surface area contributed by atoms with Crippen LogP contribution in [0.15, 0.2) is 18.2 Å². The molecule has 1 aliphatic heterocycles. The minimum absolute atomic E-state index is 0.255. The molecule has 3 heteroatoms. The van der Waals surface area contributed by atoms with E-state index in [0.717, 1.165) is 19.5 Å². The van der Waals surface area contributed by atoms with Gasteiger partial charge in [-0.15, -0.1) is 0 Å². The molecule has 2 N–H and O–H groups in total. The van der Waals surface area contributed by atoms with Crippen LogP contribution in [0.2, 0.25) is 0 Å². The van der Waals surface area contributed by atoms with Crippen molar-refractivity contribution in [2.24, 2.45) is 0 Å². The number of anilines is 1. The van der Waals surface area contributed by atoms with Crippen molar-refractivity contribution in [1.82, 2.24) is 5.32 Å². The number of hydrogen-bond donors (Lipinski definition) is 2. The molecule has 0 saturated carbocycles. The molecule has 1 saturated heterocycles. The highest BCUT2D eigenvalue weighted by Crippen LogP contribution is 2.21. The van der Waals surface area contributed by atoms with Gasteiger partial charge in [-0.05, 0) is 50.5 Å². The number of benzene rings is 1. The summed E-state index contributed by atoms with van der Waals surface area (Å²) in [5.41, 5.74) is 3.94. The number of hydrogen-bond acceptors (Lipinski definition) is 3. The number of nitrogens with one attached hydrogen (secondary N) is 1. The maximum atomic E-state index is 9.09. The zero-order valence-corrected chi connectivity index (χ0v) is 11.6. The first-order valence-corrected chi connectivity index (χ1v) is 6.78. The minimum atomic E-state index is 0.255. The van der Waals surface area contributed by atoms with Gasteiger partial charge in [0.1, 0.15) is 0 Å².